The Morgan fingerprint density at radius 1 is 1.69 bits per heavy atom. The lowest BCUT2D eigenvalue weighted by Gasteiger charge is -2.14. The van der Waals surface area contributed by atoms with E-state index in [4.69, 9.17) is 9.84 Å². The number of ether oxygens (including phenoxy) is 1. The van der Waals surface area contributed by atoms with Crippen LogP contribution in [-0.4, -0.2) is 38.6 Å². The zero-order chi connectivity index (χ0) is 11.7. The van der Waals surface area contributed by atoms with Gasteiger partial charge in [0.25, 0.3) is 0 Å². The zero-order valence-corrected chi connectivity index (χ0v) is 8.91. The van der Waals surface area contributed by atoms with Gasteiger partial charge in [-0.25, -0.2) is 9.78 Å². The molecule has 2 N–H and O–H groups in total. The van der Waals surface area contributed by atoms with Crippen molar-refractivity contribution in [1.29, 1.82) is 0 Å². The summed E-state index contributed by atoms with van der Waals surface area (Å²) in [5.41, 5.74) is 0.423. The Morgan fingerprint density at radius 3 is 3.06 bits per heavy atom. The van der Waals surface area contributed by atoms with Crippen molar-refractivity contribution in [3.63, 3.8) is 0 Å². The van der Waals surface area contributed by atoms with E-state index >= 15 is 0 Å². The Morgan fingerprint density at radius 2 is 2.44 bits per heavy atom. The molecule has 0 bridgehead atoms. The minimum Gasteiger partial charge on any atom is -0.394 e. The van der Waals surface area contributed by atoms with Gasteiger partial charge in [0.05, 0.1) is 12.7 Å². The molecular weight excluding hydrogens is 212 g/mol. The summed E-state index contributed by atoms with van der Waals surface area (Å²) < 4.78 is 6.71. The maximum atomic E-state index is 11.5. The van der Waals surface area contributed by atoms with Crippen molar-refractivity contribution < 1.29 is 14.9 Å². The number of aliphatic hydroxyl groups excluding tert-OH is 2. The first-order valence-corrected chi connectivity index (χ1v) is 5.11. The van der Waals surface area contributed by atoms with Gasteiger partial charge in [-0.1, -0.05) is 0 Å². The monoisotopic (exact) mass is 226 g/mol. The molecule has 1 aliphatic heterocycles. The van der Waals surface area contributed by atoms with Crippen LogP contribution in [0.5, 0.6) is 0 Å². The lowest BCUT2D eigenvalue weighted by molar-refractivity contribution is -0.0459. The summed E-state index contributed by atoms with van der Waals surface area (Å²) in [5.74, 6) is 0. The van der Waals surface area contributed by atoms with Gasteiger partial charge >= 0.3 is 5.69 Å². The SMILES string of the molecule is Cc1cnc(=O)n(C2C[C@H](O)[C@@H](CO)O2)c1. The third kappa shape index (κ3) is 1.99. The molecule has 2 heterocycles. The van der Waals surface area contributed by atoms with Gasteiger partial charge in [0.2, 0.25) is 0 Å². The summed E-state index contributed by atoms with van der Waals surface area (Å²) in [5, 5.41) is 18.5. The van der Waals surface area contributed by atoms with Crippen LogP contribution in [0.4, 0.5) is 0 Å². The fraction of sp³-hybridized carbons (Fsp3) is 0.600. The first-order valence-electron chi connectivity index (χ1n) is 5.11. The minimum atomic E-state index is -0.748. The average Bonchev–Trinajstić information content (AvgIpc) is 2.63. The van der Waals surface area contributed by atoms with Gasteiger partial charge < -0.3 is 14.9 Å². The number of hydrogen-bond acceptors (Lipinski definition) is 5. The Kier molecular flexibility index (Phi) is 3.04. The number of nitrogens with zero attached hydrogens (tertiary/aromatic N) is 2. The molecule has 0 radical (unpaired) electrons. The van der Waals surface area contributed by atoms with Gasteiger partial charge in [0, 0.05) is 18.8 Å². The highest BCUT2D eigenvalue weighted by Crippen LogP contribution is 2.27. The van der Waals surface area contributed by atoms with Gasteiger partial charge in [-0.2, -0.15) is 0 Å². The molecule has 88 valence electrons. The van der Waals surface area contributed by atoms with Crippen molar-refractivity contribution in [2.45, 2.75) is 31.8 Å². The summed E-state index contributed by atoms with van der Waals surface area (Å²) in [6.07, 6.45) is 1.48. The third-order valence-electron chi connectivity index (χ3n) is 2.64. The largest absolute Gasteiger partial charge is 0.394 e. The molecule has 1 aromatic heterocycles. The van der Waals surface area contributed by atoms with E-state index in [2.05, 4.69) is 4.98 Å². The van der Waals surface area contributed by atoms with Crippen molar-refractivity contribution in [2.24, 2.45) is 0 Å². The molecule has 6 nitrogen and oxygen atoms in total. The van der Waals surface area contributed by atoms with Crippen LogP contribution in [0, 0.1) is 6.92 Å². The van der Waals surface area contributed by atoms with Crippen LogP contribution in [0.3, 0.4) is 0 Å². The summed E-state index contributed by atoms with van der Waals surface area (Å²) in [6, 6.07) is 0. The molecular formula is C10H14N2O4. The van der Waals surface area contributed by atoms with E-state index in [0.717, 1.165) is 5.56 Å². The maximum Gasteiger partial charge on any atom is 0.349 e. The molecule has 0 amide bonds. The predicted molar refractivity (Wildman–Crippen MR) is 54.9 cm³/mol. The lowest BCUT2D eigenvalue weighted by Crippen LogP contribution is -2.27. The molecule has 2 rings (SSSR count). The second-order valence-corrected chi connectivity index (χ2v) is 3.94. The molecule has 0 saturated carbocycles. The van der Waals surface area contributed by atoms with E-state index in [1.54, 1.807) is 6.20 Å². The number of hydrogen-bond donors (Lipinski definition) is 2. The highest BCUT2D eigenvalue weighted by atomic mass is 16.5. The van der Waals surface area contributed by atoms with Gasteiger partial charge in [-0.3, -0.25) is 4.57 Å². The predicted octanol–water partition coefficient (Wildman–Crippen LogP) is -0.808. The molecule has 1 aromatic rings. The van der Waals surface area contributed by atoms with Gasteiger partial charge in [0.1, 0.15) is 12.3 Å². The molecule has 3 atom stereocenters. The van der Waals surface area contributed by atoms with Crippen molar-refractivity contribution in [3.8, 4) is 0 Å². The van der Waals surface area contributed by atoms with Crippen LogP contribution in [0.1, 0.15) is 18.2 Å². The molecule has 1 fully saturated rings. The molecule has 0 spiro atoms. The van der Waals surface area contributed by atoms with Gasteiger partial charge in [-0.15, -0.1) is 0 Å². The van der Waals surface area contributed by atoms with Crippen LogP contribution < -0.4 is 5.69 Å². The average molecular weight is 226 g/mol. The van der Waals surface area contributed by atoms with E-state index < -0.39 is 24.1 Å². The topological polar surface area (TPSA) is 84.6 Å². The van der Waals surface area contributed by atoms with Crippen LogP contribution in [0.15, 0.2) is 17.2 Å². The van der Waals surface area contributed by atoms with Crippen LogP contribution in [0.25, 0.3) is 0 Å². The number of aliphatic hydroxyl groups is 2. The van der Waals surface area contributed by atoms with Crippen LogP contribution >= 0.6 is 0 Å². The molecule has 6 heteroatoms. The molecule has 0 aromatic carbocycles. The maximum absolute atomic E-state index is 11.5. The van der Waals surface area contributed by atoms with E-state index in [9.17, 15) is 9.90 Å². The zero-order valence-electron chi connectivity index (χ0n) is 8.91. The summed E-state index contributed by atoms with van der Waals surface area (Å²) >= 11 is 0. The fourth-order valence-electron chi connectivity index (χ4n) is 1.79. The third-order valence-corrected chi connectivity index (χ3v) is 2.64. The number of aromatic nitrogens is 2. The van der Waals surface area contributed by atoms with Crippen molar-refractivity contribution in [2.75, 3.05) is 6.61 Å². The Balaban J connectivity index is 2.26. The smallest absolute Gasteiger partial charge is 0.349 e. The first kappa shape index (κ1) is 11.3. The second kappa shape index (κ2) is 4.32. The summed E-state index contributed by atoms with van der Waals surface area (Å²) in [7, 11) is 0. The Bertz CT molecular complexity index is 431. The van der Waals surface area contributed by atoms with E-state index in [1.165, 1.54) is 10.8 Å². The van der Waals surface area contributed by atoms with Crippen molar-refractivity contribution in [1.82, 2.24) is 9.55 Å². The van der Waals surface area contributed by atoms with Crippen LogP contribution in [0.2, 0.25) is 0 Å². The molecule has 16 heavy (non-hydrogen) atoms. The van der Waals surface area contributed by atoms with Gasteiger partial charge in [0.15, 0.2) is 0 Å². The van der Waals surface area contributed by atoms with E-state index in [1.807, 2.05) is 6.92 Å². The normalized spacial score (nSPS) is 29.6. The van der Waals surface area contributed by atoms with Crippen LogP contribution in [-0.2, 0) is 4.74 Å². The number of rotatable bonds is 2. The molecule has 1 aliphatic rings. The van der Waals surface area contributed by atoms with Crippen molar-refractivity contribution >= 4 is 0 Å². The fourth-order valence-corrected chi connectivity index (χ4v) is 1.79. The van der Waals surface area contributed by atoms with E-state index in [-0.39, 0.29) is 13.0 Å². The summed E-state index contributed by atoms with van der Waals surface area (Å²) in [4.78, 5) is 15.2. The van der Waals surface area contributed by atoms with Crippen molar-refractivity contribution in [3.05, 3.63) is 28.4 Å². The minimum absolute atomic E-state index is 0.258. The second-order valence-electron chi connectivity index (χ2n) is 3.94. The van der Waals surface area contributed by atoms with Gasteiger partial charge in [-0.05, 0) is 12.5 Å². The Hall–Kier alpha value is -1.24. The molecule has 0 aliphatic carbocycles. The molecule has 1 unspecified atom stereocenters. The lowest BCUT2D eigenvalue weighted by atomic mass is 10.2. The standard InChI is InChI=1S/C10H14N2O4/c1-6-3-11-10(15)12(4-6)9-2-7(14)8(5-13)16-9/h3-4,7-9,13-14H,2,5H2,1H3/t7-,8+,9?/m0/s1. The molecule has 1 saturated heterocycles. The summed E-state index contributed by atoms with van der Waals surface area (Å²) in [6.45, 7) is 1.56. The quantitative estimate of drug-likeness (QED) is 0.689. The first-order chi connectivity index (χ1) is 7.61. The number of aryl methyl sites for hydroxylation is 1. The highest BCUT2D eigenvalue weighted by molar-refractivity contribution is 5.01. The van der Waals surface area contributed by atoms with E-state index in [0.29, 0.717) is 0 Å². The highest BCUT2D eigenvalue weighted by Gasteiger charge is 2.34. The Labute approximate surface area is 92.1 Å².